The summed E-state index contributed by atoms with van der Waals surface area (Å²) in [6.07, 6.45) is 2.59. The standard InChI is InChI=1S/C21H34N4O/c1-17(2)16-22-21(26)25-14-12-24(13-15-25)20-6-4-19(5-7-20)23-10-8-18(3)9-11-23/h4-7,17-18H,8-16H2,1-3H3,(H,22,26). The average molecular weight is 359 g/mol. The first-order chi connectivity index (χ1) is 12.5. The number of hydrogen-bond donors (Lipinski definition) is 1. The van der Waals surface area contributed by atoms with Gasteiger partial charge in [-0.25, -0.2) is 4.79 Å². The van der Waals surface area contributed by atoms with Crippen LogP contribution in [-0.4, -0.2) is 56.7 Å². The van der Waals surface area contributed by atoms with Crippen molar-refractivity contribution in [3.05, 3.63) is 24.3 Å². The lowest BCUT2D eigenvalue weighted by atomic mass is 9.99. The Labute approximate surface area is 158 Å². The summed E-state index contributed by atoms with van der Waals surface area (Å²) in [7, 11) is 0. The number of nitrogens with zero attached hydrogens (tertiary/aromatic N) is 3. The van der Waals surface area contributed by atoms with Crippen LogP contribution in [0.5, 0.6) is 0 Å². The van der Waals surface area contributed by atoms with E-state index in [1.54, 1.807) is 0 Å². The number of rotatable bonds is 4. The second-order valence-corrected chi connectivity index (χ2v) is 8.24. The van der Waals surface area contributed by atoms with Gasteiger partial charge in [-0.2, -0.15) is 0 Å². The Hall–Kier alpha value is -1.91. The first kappa shape index (κ1) is 18.9. The minimum absolute atomic E-state index is 0.0769. The van der Waals surface area contributed by atoms with E-state index in [4.69, 9.17) is 0 Å². The lowest BCUT2D eigenvalue weighted by molar-refractivity contribution is 0.193. The fourth-order valence-electron chi connectivity index (χ4n) is 3.71. The van der Waals surface area contributed by atoms with Gasteiger partial charge in [0.2, 0.25) is 0 Å². The van der Waals surface area contributed by atoms with Crippen molar-refractivity contribution in [3.63, 3.8) is 0 Å². The summed E-state index contributed by atoms with van der Waals surface area (Å²) < 4.78 is 0. The van der Waals surface area contributed by atoms with Crippen LogP contribution in [0.2, 0.25) is 0 Å². The zero-order valence-corrected chi connectivity index (χ0v) is 16.6. The largest absolute Gasteiger partial charge is 0.372 e. The molecule has 2 fully saturated rings. The molecular formula is C21H34N4O. The Balaban J connectivity index is 1.49. The molecule has 5 heteroatoms. The molecule has 0 bridgehead atoms. The van der Waals surface area contributed by atoms with E-state index in [1.807, 2.05) is 4.90 Å². The van der Waals surface area contributed by atoms with Gasteiger partial charge in [0.15, 0.2) is 0 Å². The van der Waals surface area contributed by atoms with Crippen LogP contribution < -0.4 is 15.1 Å². The van der Waals surface area contributed by atoms with E-state index in [-0.39, 0.29) is 6.03 Å². The zero-order chi connectivity index (χ0) is 18.5. The lowest BCUT2D eigenvalue weighted by Crippen LogP contribution is -2.52. The highest BCUT2D eigenvalue weighted by atomic mass is 16.2. The molecule has 0 saturated carbocycles. The van der Waals surface area contributed by atoms with Crippen molar-refractivity contribution in [2.24, 2.45) is 11.8 Å². The van der Waals surface area contributed by atoms with Crippen LogP contribution in [0.1, 0.15) is 33.6 Å². The molecular weight excluding hydrogens is 324 g/mol. The second-order valence-electron chi connectivity index (χ2n) is 8.24. The molecule has 0 radical (unpaired) electrons. The van der Waals surface area contributed by atoms with E-state index in [0.29, 0.717) is 5.92 Å². The van der Waals surface area contributed by atoms with Crippen molar-refractivity contribution in [1.29, 1.82) is 0 Å². The third-order valence-electron chi connectivity index (χ3n) is 5.59. The minimum atomic E-state index is 0.0769. The van der Waals surface area contributed by atoms with Gasteiger partial charge in [0, 0.05) is 57.2 Å². The normalized spacial score (nSPS) is 19.2. The molecule has 2 heterocycles. The Morgan fingerprint density at radius 3 is 1.96 bits per heavy atom. The molecule has 1 N–H and O–H groups in total. The van der Waals surface area contributed by atoms with E-state index in [1.165, 1.54) is 37.3 Å². The van der Waals surface area contributed by atoms with Gasteiger partial charge in [-0.15, -0.1) is 0 Å². The van der Waals surface area contributed by atoms with E-state index in [0.717, 1.165) is 38.6 Å². The highest BCUT2D eigenvalue weighted by molar-refractivity contribution is 5.74. The number of nitrogens with one attached hydrogen (secondary N) is 1. The van der Waals surface area contributed by atoms with E-state index < -0.39 is 0 Å². The van der Waals surface area contributed by atoms with Gasteiger partial charge in [-0.1, -0.05) is 20.8 Å². The summed E-state index contributed by atoms with van der Waals surface area (Å²) in [4.78, 5) is 19.0. The van der Waals surface area contributed by atoms with Gasteiger partial charge in [0.1, 0.15) is 0 Å². The molecule has 0 aliphatic carbocycles. The number of urea groups is 1. The van der Waals surface area contributed by atoms with Gasteiger partial charge in [0.05, 0.1) is 0 Å². The van der Waals surface area contributed by atoms with Crippen molar-refractivity contribution < 1.29 is 4.79 Å². The van der Waals surface area contributed by atoms with Crippen molar-refractivity contribution >= 4 is 17.4 Å². The molecule has 0 aromatic heterocycles. The number of piperidine rings is 1. The highest BCUT2D eigenvalue weighted by Gasteiger charge is 2.21. The number of anilines is 2. The Kier molecular flexibility index (Phi) is 6.28. The molecule has 0 spiro atoms. The molecule has 3 rings (SSSR count). The van der Waals surface area contributed by atoms with Gasteiger partial charge in [-0.3, -0.25) is 0 Å². The number of hydrogen-bond acceptors (Lipinski definition) is 3. The Bertz CT molecular complexity index is 570. The summed E-state index contributed by atoms with van der Waals surface area (Å²) in [6, 6.07) is 9.07. The predicted molar refractivity (Wildman–Crippen MR) is 109 cm³/mol. The van der Waals surface area contributed by atoms with Crippen LogP contribution in [-0.2, 0) is 0 Å². The molecule has 2 aliphatic heterocycles. The van der Waals surface area contributed by atoms with Gasteiger partial charge in [0.25, 0.3) is 0 Å². The summed E-state index contributed by atoms with van der Waals surface area (Å²) in [5.41, 5.74) is 2.61. The number of amides is 2. The van der Waals surface area contributed by atoms with E-state index in [9.17, 15) is 4.79 Å². The van der Waals surface area contributed by atoms with Gasteiger partial charge in [-0.05, 0) is 48.9 Å². The molecule has 2 amide bonds. The first-order valence-corrected chi connectivity index (χ1v) is 10.2. The summed E-state index contributed by atoms with van der Waals surface area (Å²) in [5.74, 6) is 1.35. The lowest BCUT2D eigenvalue weighted by Gasteiger charge is -2.36. The van der Waals surface area contributed by atoms with Crippen LogP contribution in [0, 0.1) is 11.8 Å². The molecule has 1 aromatic carbocycles. The number of benzene rings is 1. The topological polar surface area (TPSA) is 38.8 Å². The van der Waals surface area contributed by atoms with Crippen molar-refractivity contribution in [2.75, 3.05) is 55.6 Å². The fraction of sp³-hybridized carbons (Fsp3) is 0.667. The van der Waals surface area contributed by atoms with E-state index in [2.05, 4.69) is 60.2 Å². The molecule has 144 valence electrons. The van der Waals surface area contributed by atoms with Crippen molar-refractivity contribution in [2.45, 2.75) is 33.6 Å². The molecule has 1 aromatic rings. The molecule has 5 nitrogen and oxygen atoms in total. The van der Waals surface area contributed by atoms with Gasteiger partial charge < -0.3 is 20.0 Å². The smallest absolute Gasteiger partial charge is 0.317 e. The minimum Gasteiger partial charge on any atom is -0.372 e. The fourth-order valence-corrected chi connectivity index (χ4v) is 3.71. The first-order valence-electron chi connectivity index (χ1n) is 10.2. The maximum absolute atomic E-state index is 12.2. The maximum atomic E-state index is 12.2. The molecule has 26 heavy (non-hydrogen) atoms. The maximum Gasteiger partial charge on any atom is 0.317 e. The Morgan fingerprint density at radius 2 is 1.46 bits per heavy atom. The van der Waals surface area contributed by atoms with Crippen LogP contribution in [0.25, 0.3) is 0 Å². The predicted octanol–water partition coefficient (Wildman–Crippen LogP) is 3.41. The van der Waals surface area contributed by atoms with Gasteiger partial charge >= 0.3 is 6.03 Å². The third-order valence-corrected chi connectivity index (χ3v) is 5.59. The molecule has 2 saturated heterocycles. The summed E-state index contributed by atoms with van der Waals surface area (Å²) >= 11 is 0. The van der Waals surface area contributed by atoms with Crippen molar-refractivity contribution in [1.82, 2.24) is 10.2 Å². The summed E-state index contributed by atoms with van der Waals surface area (Å²) in [5, 5.41) is 3.02. The molecule has 2 aliphatic rings. The second kappa shape index (κ2) is 8.65. The number of carbonyl (C=O) groups is 1. The van der Waals surface area contributed by atoms with Crippen LogP contribution in [0.15, 0.2) is 24.3 Å². The number of piperazine rings is 1. The van der Waals surface area contributed by atoms with Crippen LogP contribution >= 0.6 is 0 Å². The quantitative estimate of drug-likeness (QED) is 0.896. The summed E-state index contributed by atoms with van der Waals surface area (Å²) in [6.45, 7) is 13.0. The third kappa shape index (κ3) is 4.83. The van der Waals surface area contributed by atoms with Crippen molar-refractivity contribution in [3.8, 4) is 0 Å². The van der Waals surface area contributed by atoms with E-state index >= 15 is 0 Å². The Morgan fingerprint density at radius 1 is 0.962 bits per heavy atom. The highest BCUT2D eigenvalue weighted by Crippen LogP contribution is 2.26. The zero-order valence-electron chi connectivity index (χ0n) is 16.6. The SMILES string of the molecule is CC(C)CNC(=O)N1CCN(c2ccc(N3CCC(C)CC3)cc2)CC1. The average Bonchev–Trinajstić information content (AvgIpc) is 2.67. The monoisotopic (exact) mass is 358 g/mol. The molecule has 0 unspecified atom stereocenters. The molecule has 0 atom stereocenters. The van der Waals surface area contributed by atoms with Crippen LogP contribution in [0.4, 0.5) is 16.2 Å². The van der Waals surface area contributed by atoms with Crippen LogP contribution in [0.3, 0.4) is 0 Å². The number of carbonyl (C=O) groups excluding carboxylic acids is 1.